The Balaban J connectivity index is 1.28. The number of fused-ring (bicyclic) bond motifs is 1. The van der Waals surface area contributed by atoms with Gasteiger partial charge < -0.3 is 20.7 Å². The van der Waals surface area contributed by atoms with E-state index in [4.69, 9.17) is 10.5 Å². The van der Waals surface area contributed by atoms with Gasteiger partial charge in [0.25, 0.3) is 5.56 Å². The first-order valence-electron chi connectivity index (χ1n) is 12.7. The third kappa shape index (κ3) is 3.78. The molecule has 0 saturated carbocycles. The minimum atomic E-state index is -0.858. The van der Waals surface area contributed by atoms with E-state index in [0.717, 1.165) is 5.56 Å². The van der Waals surface area contributed by atoms with Crippen LogP contribution in [0.2, 0.25) is 0 Å². The van der Waals surface area contributed by atoms with E-state index in [-0.39, 0.29) is 30.1 Å². The molecule has 1 aliphatic rings. The van der Waals surface area contributed by atoms with E-state index >= 15 is 0 Å². The van der Waals surface area contributed by atoms with Crippen molar-refractivity contribution in [3.63, 3.8) is 0 Å². The van der Waals surface area contributed by atoms with Crippen LogP contribution < -0.4 is 11.3 Å². The van der Waals surface area contributed by atoms with Crippen LogP contribution in [0.25, 0.3) is 55.6 Å². The number of anilines is 1. The molecule has 4 aromatic carbocycles. The number of aliphatic hydroxyl groups is 2. The zero-order valence-corrected chi connectivity index (χ0v) is 20.8. The molecule has 0 radical (unpaired) electrons. The zero-order valence-electron chi connectivity index (χ0n) is 20.8. The lowest BCUT2D eigenvalue weighted by Gasteiger charge is -2.15. The predicted octanol–water partition coefficient (Wildman–Crippen LogP) is 3.97. The Morgan fingerprint density at radius 3 is 2.49 bits per heavy atom. The summed E-state index contributed by atoms with van der Waals surface area (Å²) in [5.41, 5.74) is 6.79. The topological polar surface area (TPSA) is 139 Å². The van der Waals surface area contributed by atoms with Crippen molar-refractivity contribution in [1.29, 1.82) is 0 Å². The molecule has 39 heavy (non-hydrogen) atoms. The first-order chi connectivity index (χ1) is 19.0. The predicted molar refractivity (Wildman–Crippen MR) is 152 cm³/mol. The second-order valence-electron chi connectivity index (χ2n) is 9.81. The molecule has 1 aliphatic heterocycles. The summed E-state index contributed by atoms with van der Waals surface area (Å²) in [7, 11) is 0. The Kier molecular flexibility index (Phi) is 5.44. The van der Waals surface area contributed by atoms with Crippen LogP contribution in [0.15, 0.2) is 71.5 Å². The van der Waals surface area contributed by atoms with Crippen LogP contribution in [0.1, 0.15) is 24.0 Å². The molecule has 1 fully saturated rings. The highest BCUT2D eigenvalue weighted by atomic mass is 16.5. The summed E-state index contributed by atoms with van der Waals surface area (Å²) in [4.78, 5) is 23.8. The van der Waals surface area contributed by atoms with Crippen molar-refractivity contribution in [2.24, 2.45) is 0 Å². The lowest BCUT2D eigenvalue weighted by atomic mass is 9.92. The van der Waals surface area contributed by atoms with Crippen LogP contribution in [-0.2, 0) is 4.74 Å². The molecule has 9 heteroatoms. The summed E-state index contributed by atoms with van der Waals surface area (Å²) in [6.45, 7) is -0.326. The summed E-state index contributed by atoms with van der Waals surface area (Å²) < 4.78 is 7.49. The normalized spacial score (nSPS) is 20.2. The number of nitrogens with zero attached hydrogens (tertiary/aromatic N) is 3. The minimum absolute atomic E-state index is 0.0460. The number of hydrogen-bond donors (Lipinski definition) is 4. The fourth-order valence-corrected chi connectivity index (χ4v) is 5.66. The molecule has 0 spiro atoms. The fraction of sp³-hybridized carbons (Fsp3) is 0.167. The van der Waals surface area contributed by atoms with E-state index in [9.17, 15) is 15.0 Å². The Morgan fingerprint density at radius 2 is 1.72 bits per heavy atom. The molecule has 0 aliphatic carbocycles. The van der Waals surface area contributed by atoms with Crippen LogP contribution in [0.4, 0.5) is 5.95 Å². The van der Waals surface area contributed by atoms with Crippen molar-refractivity contribution in [2.75, 3.05) is 12.3 Å². The van der Waals surface area contributed by atoms with Gasteiger partial charge in [-0.25, -0.2) is 4.98 Å². The van der Waals surface area contributed by atoms with Gasteiger partial charge in [0.2, 0.25) is 5.95 Å². The highest BCUT2D eigenvalue weighted by molar-refractivity contribution is 6.24. The summed E-state index contributed by atoms with van der Waals surface area (Å²) in [6.07, 6.45) is 5.50. The monoisotopic (exact) mass is 519 g/mol. The number of rotatable bonds is 5. The van der Waals surface area contributed by atoms with Gasteiger partial charge in [-0.3, -0.25) is 14.3 Å². The van der Waals surface area contributed by atoms with Gasteiger partial charge in [0, 0.05) is 6.42 Å². The average Bonchev–Trinajstić information content (AvgIpc) is 3.49. The van der Waals surface area contributed by atoms with Crippen molar-refractivity contribution in [2.45, 2.75) is 24.9 Å². The lowest BCUT2D eigenvalue weighted by molar-refractivity contribution is -0.0434. The van der Waals surface area contributed by atoms with Gasteiger partial charge in [-0.05, 0) is 44.0 Å². The van der Waals surface area contributed by atoms with Crippen LogP contribution in [0.3, 0.4) is 0 Å². The quantitative estimate of drug-likeness (QED) is 0.200. The molecule has 3 atom stereocenters. The maximum absolute atomic E-state index is 12.5. The number of aromatic amines is 1. The molecular weight excluding hydrogens is 494 g/mol. The number of H-pyrrole nitrogens is 1. The number of aliphatic hydroxyl groups excluding tert-OH is 2. The Labute approximate surface area is 221 Å². The van der Waals surface area contributed by atoms with Crippen LogP contribution in [0.5, 0.6) is 0 Å². The molecule has 0 amide bonds. The SMILES string of the molecule is Nc1nc2c(nc(/C=C/C=C/c3ccc4ccc5cccc6ccc3c4c56)n2[C@H]2C[C@H](O)[C@@H](CO)O2)c(=O)[nH]1. The highest BCUT2D eigenvalue weighted by Crippen LogP contribution is 2.36. The number of hydrogen-bond acceptors (Lipinski definition) is 7. The van der Waals surface area contributed by atoms with Gasteiger partial charge in [-0.15, -0.1) is 0 Å². The van der Waals surface area contributed by atoms with Crippen molar-refractivity contribution in [3.8, 4) is 0 Å². The van der Waals surface area contributed by atoms with E-state index in [0.29, 0.717) is 5.82 Å². The number of nitrogens with two attached hydrogens (primary N) is 1. The van der Waals surface area contributed by atoms with Crippen molar-refractivity contribution in [1.82, 2.24) is 19.5 Å². The first-order valence-corrected chi connectivity index (χ1v) is 12.7. The smallest absolute Gasteiger partial charge is 0.280 e. The van der Waals surface area contributed by atoms with Gasteiger partial charge in [0.05, 0.1) is 12.7 Å². The summed E-state index contributed by atoms with van der Waals surface area (Å²) in [6, 6.07) is 19.3. The summed E-state index contributed by atoms with van der Waals surface area (Å²) in [5, 5.41) is 27.2. The standard InChI is InChI=1S/C30H25N5O4/c31-30-33-28-27(29(38)34-30)32-23(35(28)24-14-21(37)22(15-36)39-24)7-2-1-4-16-8-9-19-11-10-17-5-3-6-18-12-13-20(16)26(19)25(17)18/h1-13,21-22,24,36-37H,14-15H2,(H3,31,33,34,38)/b4-1+,7-2+/t21-,22+,24+/m0/s1. The van der Waals surface area contributed by atoms with E-state index in [1.54, 1.807) is 10.6 Å². The molecule has 0 bridgehead atoms. The minimum Gasteiger partial charge on any atom is -0.394 e. The molecular formula is C30H25N5O4. The van der Waals surface area contributed by atoms with E-state index in [1.807, 2.05) is 18.2 Å². The average molecular weight is 520 g/mol. The number of benzene rings is 4. The molecule has 7 rings (SSSR count). The van der Waals surface area contributed by atoms with E-state index in [2.05, 4.69) is 69.5 Å². The van der Waals surface area contributed by atoms with Gasteiger partial charge >= 0.3 is 0 Å². The van der Waals surface area contributed by atoms with E-state index < -0.39 is 24.0 Å². The van der Waals surface area contributed by atoms with Crippen molar-refractivity contribution < 1.29 is 14.9 Å². The summed E-state index contributed by atoms with van der Waals surface area (Å²) in [5.74, 6) is 0.375. The number of ether oxygens (including phenoxy) is 1. The maximum atomic E-state index is 12.5. The molecule has 2 aromatic heterocycles. The maximum Gasteiger partial charge on any atom is 0.280 e. The summed E-state index contributed by atoms with van der Waals surface area (Å²) >= 11 is 0. The van der Waals surface area contributed by atoms with E-state index in [1.165, 1.54) is 32.3 Å². The third-order valence-corrected chi connectivity index (χ3v) is 7.46. The third-order valence-electron chi connectivity index (χ3n) is 7.46. The highest BCUT2D eigenvalue weighted by Gasteiger charge is 2.36. The van der Waals surface area contributed by atoms with Gasteiger partial charge in [-0.1, -0.05) is 72.8 Å². The Hall–Kier alpha value is -4.57. The second kappa shape index (κ2) is 9.02. The lowest BCUT2D eigenvalue weighted by Crippen LogP contribution is -2.24. The fourth-order valence-electron chi connectivity index (χ4n) is 5.66. The van der Waals surface area contributed by atoms with Crippen molar-refractivity contribution >= 4 is 61.6 Å². The molecule has 1 saturated heterocycles. The van der Waals surface area contributed by atoms with Crippen LogP contribution in [0, 0.1) is 0 Å². The number of imidazole rings is 1. The van der Waals surface area contributed by atoms with Gasteiger partial charge in [0.15, 0.2) is 11.2 Å². The van der Waals surface area contributed by atoms with Gasteiger partial charge in [0.1, 0.15) is 18.2 Å². The molecule has 6 aromatic rings. The number of allylic oxidation sites excluding steroid dienone is 2. The van der Waals surface area contributed by atoms with Crippen molar-refractivity contribution in [3.05, 3.63) is 88.5 Å². The molecule has 9 nitrogen and oxygen atoms in total. The van der Waals surface area contributed by atoms with Crippen LogP contribution >= 0.6 is 0 Å². The largest absolute Gasteiger partial charge is 0.394 e. The Morgan fingerprint density at radius 1 is 1.00 bits per heavy atom. The number of nitrogen functional groups attached to an aromatic ring is 1. The number of nitrogens with one attached hydrogen (secondary N) is 1. The van der Waals surface area contributed by atoms with Gasteiger partial charge in [-0.2, -0.15) is 4.98 Å². The molecule has 194 valence electrons. The molecule has 3 heterocycles. The van der Waals surface area contributed by atoms with Crippen LogP contribution in [-0.4, -0.2) is 48.5 Å². The first kappa shape index (κ1) is 23.5. The zero-order chi connectivity index (χ0) is 26.7. The molecule has 0 unspecified atom stereocenters. The number of aromatic nitrogens is 4. The molecule has 5 N–H and O–H groups in total. The second-order valence-corrected chi connectivity index (χ2v) is 9.81. The Bertz CT molecular complexity index is 1970.